The Morgan fingerprint density at radius 2 is 1.68 bits per heavy atom. The van der Waals surface area contributed by atoms with E-state index < -0.39 is 6.10 Å². The van der Waals surface area contributed by atoms with Crippen LogP contribution in [0.2, 0.25) is 0 Å². The molecule has 0 aliphatic carbocycles. The number of nitrogens with zero attached hydrogens (tertiary/aromatic N) is 1. The summed E-state index contributed by atoms with van der Waals surface area (Å²) in [4.78, 5) is 16.4. The number of amides is 1. The molecule has 1 aliphatic rings. The van der Waals surface area contributed by atoms with Crippen molar-refractivity contribution in [3.63, 3.8) is 0 Å². The van der Waals surface area contributed by atoms with Crippen LogP contribution in [0.1, 0.15) is 11.7 Å². The minimum Gasteiger partial charge on any atom is -0.478 e. The van der Waals surface area contributed by atoms with Gasteiger partial charge in [0.05, 0.1) is 11.2 Å². The molecule has 3 aromatic rings. The average Bonchev–Trinajstić information content (AvgIpc) is 2.58. The van der Waals surface area contributed by atoms with Crippen molar-refractivity contribution >= 4 is 16.8 Å². The van der Waals surface area contributed by atoms with Gasteiger partial charge < -0.3 is 10.1 Å². The predicted octanol–water partition coefficient (Wildman–Crippen LogP) is 2.85. The summed E-state index contributed by atoms with van der Waals surface area (Å²) >= 11 is 0. The molecule has 1 amide bonds. The molecule has 1 aliphatic heterocycles. The van der Waals surface area contributed by atoms with Gasteiger partial charge in [0.2, 0.25) is 6.10 Å². The quantitative estimate of drug-likeness (QED) is 0.755. The predicted molar refractivity (Wildman–Crippen MR) is 83.5 cm³/mol. The van der Waals surface area contributed by atoms with Crippen molar-refractivity contribution in [1.82, 2.24) is 10.3 Å². The molecule has 1 aromatic heterocycles. The zero-order valence-corrected chi connectivity index (χ0v) is 11.8. The van der Waals surface area contributed by atoms with E-state index in [0.717, 1.165) is 16.6 Å². The number of carbonyl (C=O) groups excluding carboxylic acids is 1. The van der Waals surface area contributed by atoms with Crippen LogP contribution >= 0.6 is 0 Å². The van der Waals surface area contributed by atoms with Crippen LogP contribution in [0.15, 0.2) is 66.7 Å². The molecule has 1 saturated heterocycles. The third-order valence-corrected chi connectivity index (χ3v) is 3.80. The molecule has 108 valence electrons. The van der Waals surface area contributed by atoms with Crippen LogP contribution in [0.5, 0.6) is 5.75 Å². The van der Waals surface area contributed by atoms with Gasteiger partial charge in [0.25, 0.3) is 5.91 Å². The van der Waals surface area contributed by atoms with Gasteiger partial charge in [-0.15, -0.1) is 0 Å². The Bertz CT molecular complexity index is 833. The van der Waals surface area contributed by atoms with Gasteiger partial charge in [-0.25, -0.2) is 0 Å². The molecule has 4 nitrogen and oxygen atoms in total. The second-order valence-corrected chi connectivity index (χ2v) is 5.27. The van der Waals surface area contributed by atoms with Gasteiger partial charge in [-0.3, -0.25) is 9.78 Å². The summed E-state index contributed by atoms with van der Waals surface area (Å²) in [6, 6.07) is 21.0. The first-order valence-electron chi connectivity index (χ1n) is 7.19. The molecular weight excluding hydrogens is 276 g/mol. The summed E-state index contributed by atoms with van der Waals surface area (Å²) in [5, 5.41) is 3.95. The molecule has 1 N–H and O–H groups in total. The number of hydrogen-bond donors (Lipinski definition) is 1. The minimum atomic E-state index is -0.531. The Balaban J connectivity index is 1.62. The van der Waals surface area contributed by atoms with Gasteiger partial charge >= 0.3 is 0 Å². The number of carbonyl (C=O) groups is 1. The number of aromatic nitrogens is 1. The lowest BCUT2D eigenvalue weighted by atomic mass is 9.97. The van der Waals surface area contributed by atoms with E-state index in [4.69, 9.17) is 4.74 Å². The highest BCUT2D eigenvalue weighted by molar-refractivity contribution is 5.89. The van der Waals surface area contributed by atoms with Crippen molar-refractivity contribution in [3.8, 4) is 5.75 Å². The molecule has 0 unspecified atom stereocenters. The maximum atomic E-state index is 11.8. The van der Waals surface area contributed by atoms with E-state index in [0.29, 0.717) is 5.75 Å². The van der Waals surface area contributed by atoms with E-state index in [1.807, 2.05) is 66.7 Å². The summed E-state index contributed by atoms with van der Waals surface area (Å²) in [5.74, 6) is 0.581. The number of β-lactam (4-membered cyclic amide) rings is 1. The highest BCUT2D eigenvalue weighted by Gasteiger charge is 2.43. The number of rotatable bonds is 3. The lowest BCUT2D eigenvalue weighted by Gasteiger charge is -2.36. The van der Waals surface area contributed by atoms with Gasteiger partial charge in [0.1, 0.15) is 11.8 Å². The summed E-state index contributed by atoms with van der Waals surface area (Å²) in [5.41, 5.74) is 1.74. The number of para-hydroxylation sites is 2. The molecule has 1 fully saturated rings. The first-order valence-corrected chi connectivity index (χ1v) is 7.19. The SMILES string of the molecule is O=C1N[C@H](c2ccc3ccccc3n2)[C@@H]1Oc1ccccc1. The largest absolute Gasteiger partial charge is 0.478 e. The van der Waals surface area contributed by atoms with Gasteiger partial charge in [0, 0.05) is 5.39 Å². The first kappa shape index (κ1) is 12.8. The van der Waals surface area contributed by atoms with Gasteiger partial charge in [-0.1, -0.05) is 42.5 Å². The van der Waals surface area contributed by atoms with Crippen molar-refractivity contribution in [2.75, 3.05) is 0 Å². The molecule has 4 heteroatoms. The van der Waals surface area contributed by atoms with E-state index in [9.17, 15) is 4.79 Å². The molecule has 0 bridgehead atoms. The van der Waals surface area contributed by atoms with Crippen LogP contribution in [0.3, 0.4) is 0 Å². The van der Waals surface area contributed by atoms with Gasteiger partial charge in [-0.2, -0.15) is 0 Å². The van der Waals surface area contributed by atoms with E-state index in [1.165, 1.54) is 0 Å². The Kier molecular flexibility index (Phi) is 3.00. The highest BCUT2D eigenvalue weighted by Crippen LogP contribution is 2.28. The fraction of sp³-hybridized carbons (Fsp3) is 0.111. The smallest absolute Gasteiger partial charge is 0.264 e. The summed E-state index contributed by atoms with van der Waals surface area (Å²) in [7, 11) is 0. The third kappa shape index (κ3) is 2.19. The number of pyridine rings is 1. The molecule has 0 radical (unpaired) electrons. The Morgan fingerprint density at radius 1 is 0.909 bits per heavy atom. The fourth-order valence-corrected chi connectivity index (χ4v) is 2.62. The summed E-state index contributed by atoms with van der Waals surface area (Å²) in [6.07, 6.45) is -0.531. The maximum Gasteiger partial charge on any atom is 0.264 e. The number of ether oxygens (including phenoxy) is 1. The van der Waals surface area contributed by atoms with Crippen LogP contribution in [-0.2, 0) is 4.79 Å². The Hall–Kier alpha value is -2.88. The molecule has 22 heavy (non-hydrogen) atoms. The van der Waals surface area contributed by atoms with Crippen molar-refractivity contribution in [1.29, 1.82) is 0 Å². The maximum absolute atomic E-state index is 11.8. The molecule has 2 aromatic carbocycles. The monoisotopic (exact) mass is 290 g/mol. The normalized spacial score (nSPS) is 20.3. The third-order valence-electron chi connectivity index (χ3n) is 3.80. The fourth-order valence-electron chi connectivity index (χ4n) is 2.62. The van der Waals surface area contributed by atoms with Crippen molar-refractivity contribution < 1.29 is 9.53 Å². The van der Waals surface area contributed by atoms with Crippen LogP contribution in [0.25, 0.3) is 10.9 Å². The molecule has 4 rings (SSSR count). The van der Waals surface area contributed by atoms with Crippen LogP contribution in [0, 0.1) is 0 Å². The van der Waals surface area contributed by atoms with Crippen LogP contribution in [0.4, 0.5) is 0 Å². The number of benzene rings is 2. The van der Waals surface area contributed by atoms with E-state index >= 15 is 0 Å². The lowest BCUT2D eigenvalue weighted by Crippen LogP contribution is -2.58. The molecule has 0 spiro atoms. The Labute approximate surface area is 127 Å². The zero-order chi connectivity index (χ0) is 14.9. The molecule has 2 atom stereocenters. The zero-order valence-electron chi connectivity index (χ0n) is 11.8. The molecular formula is C18H14N2O2. The van der Waals surface area contributed by atoms with E-state index in [1.54, 1.807) is 0 Å². The second-order valence-electron chi connectivity index (χ2n) is 5.27. The van der Waals surface area contributed by atoms with Gasteiger partial charge in [-0.05, 0) is 24.3 Å². The summed E-state index contributed by atoms with van der Waals surface area (Å²) < 4.78 is 5.79. The molecule has 2 heterocycles. The minimum absolute atomic E-state index is 0.108. The first-order chi connectivity index (χ1) is 10.8. The summed E-state index contributed by atoms with van der Waals surface area (Å²) in [6.45, 7) is 0. The van der Waals surface area contributed by atoms with Gasteiger partial charge in [0.15, 0.2) is 0 Å². The number of hydrogen-bond acceptors (Lipinski definition) is 3. The van der Waals surface area contributed by atoms with E-state index in [2.05, 4.69) is 10.3 Å². The van der Waals surface area contributed by atoms with Crippen LogP contribution < -0.4 is 10.1 Å². The standard InChI is InChI=1S/C18H14N2O2/c21-18-17(22-13-7-2-1-3-8-13)16(20-18)15-11-10-12-6-4-5-9-14(12)19-15/h1-11,16-17H,(H,20,21)/t16-,17+/m1/s1. The lowest BCUT2D eigenvalue weighted by molar-refractivity contribution is -0.140. The second kappa shape index (κ2) is 5.15. The van der Waals surface area contributed by atoms with Crippen LogP contribution in [-0.4, -0.2) is 17.0 Å². The van der Waals surface area contributed by atoms with Crippen molar-refractivity contribution in [3.05, 3.63) is 72.4 Å². The average molecular weight is 290 g/mol. The highest BCUT2D eigenvalue weighted by atomic mass is 16.5. The number of nitrogens with one attached hydrogen (secondary N) is 1. The van der Waals surface area contributed by atoms with Crippen molar-refractivity contribution in [2.45, 2.75) is 12.1 Å². The molecule has 0 saturated carbocycles. The van der Waals surface area contributed by atoms with E-state index in [-0.39, 0.29) is 11.9 Å². The topological polar surface area (TPSA) is 51.2 Å². The number of fused-ring (bicyclic) bond motifs is 1. The Morgan fingerprint density at radius 3 is 2.50 bits per heavy atom. The van der Waals surface area contributed by atoms with Crippen molar-refractivity contribution in [2.24, 2.45) is 0 Å².